The van der Waals surface area contributed by atoms with Crippen LogP contribution in [0.5, 0.6) is 0 Å². The zero-order valence-electron chi connectivity index (χ0n) is 12.2. The van der Waals surface area contributed by atoms with Gasteiger partial charge in [0.25, 0.3) is 5.69 Å². The summed E-state index contributed by atoms with van der Waals surface area (Å²) in [4.78, 5) is 10.6. The second-order valence-corrected chi connectivity index (χ2v) is 4.95. The number of ether oxygens (including phenoxy) is 1. The second-order valence-electron chi connectivity index (χ2n) is 4.95. The summed E-state index contributed by atoms with van der Waals surface area (Å²) in [6, 6.07) is 14.7. The normalized spacial score (nSPS) is 15.0. The number of nitrogens with one attached hydrogen (secondary N) is 1. The molecule has 0 saturated carbocycles. The maximum Gasteiger partial charge on any atom is 0.270 e. The first kappa shape index (κ1) is 14.1. The monoisotopic (exact) mass is 296 g/mol. The van der Waals surface area contributed by atoms with Crippen LogP contribution in [0.2, 0.25) is 0 Å². The molecule has 0 radical (unpaired) electrons. The van der Waals surface area contributed by atoms with E-state index in [-0.39, 0.29) is 10.6 Å². The predicted molar refractivity (Wildman–Crippen MR) is 86.5 cm³/mol. The molecule has 0 unspecified atom stereocenters. The molecule has 0 amide bonds. The standard InChI is InChI=1S/C17H16N2O3/c1-2-22-17(12-6-4-3-5-7-12)15-11-18-16-9-8-13(19(20)21)10-14(15)16/h3-10,18H,2,11H2,1H3/b17-15-. The Morgan fingerprint density at radius 1 is 1.27 bits per heavy atom. The summed E-state index contributed by atoms with van der Waals surface area (Å²) in [5.41, 5.74) is 3.74. The maximum atomic E-state index is 11.0. The summed E-state index contributed by atoms with van der Waals surface area (Å²) in [6.45, 7) is 3.07. The molecular formula is C17H16N2O3. The quantitative estimate of drug-likeness (QED) is 0.527. The van der Waals surface area contributed by atoms with Crippen molar-refractivity contribution in [2.75, 3.05) is 18.5 Å². The molecule has 3 rings (SSSR count). The first-order chi connectivity index (χ1) is 10.7. The third-order valence-corrected chi connectivity index (χ3v) is 3.59. The van der Waals surface area contributed by atoms with Crippen LogP contribution in [0.4, 0.5) is 11.4 Å². The molecule has 22 heavy (non-hydrogen) atoms. The molecule has 1 aliphatic heterocycles. The van der Waals surface area contributed by atoms with Crippen LogP contribution >= 0.6 is 0 Å². The third-order valence-electron chi connectivity index (χ3n) is 3.59. The summed E-state index contributed by atoms with van der Waals surface area (Å²) < 4.78 is 5.84. The highest BCUT2D eigenvalue weighted by molar-refractivity contribution is 5.97. The number of nitro groups is 1. The van der Waals surface area contributed by atoms with Crippen molar-refractivity contribution in [3.05, 3.63) is 69.8 Å². The van der Waals surface area contributed by atoms with E-state index in [1.54, 1.807) is 12.1 Å². The van der Waals surface area contributed by atoms with Crippen molar-refractivity contribution in [3.63, 3.8) is 0 Å². The SMILES string of the molecule is CCO/C(=C1/CNc2ccc([N+](=O)[O-])cc21)c1ccccc1. The Labute approximate surface area is 128 Å². The lowest BCUT2D eigenvalue weighted by Gasteiger charge is -2.12. The Kier molecular flexibility index (Phi) is 3.78. The minimum Gasteiger partial charge on any atom is -0.493 e. The lowest BCUT2D eigenvalue weighted by atomic mass is 10.0. The molecule has 0 aliphatic carbocycles. The van der Waals surface area contributed by atoms with Crippen LogP contribution in [0.3, 0.4) is 0 Å². The topological polar surface area (TPSA) is 64.4 Å². The van der Waals surface area contributed by atoms with Gasteiger partial charge in [0.05, 0.1) is 11.5 Å². The van der Waals surface area contributed by atoms with Crippen molar-refractivity contribution < 1.29 is 9.66 Å². The van der Waals surface area contributed by atoms with Gasteiger partial charge in [-0.2, -0.15) is 0 Å². The number of benzene rings is 2. The van der Waals surface area contributed by atoms with Crippen molar-refractivity contribution in [2.45, 2.75) is 6.92 Å². The van der Waals surface area contributed by atoms with Gasteiger partial charge in [0, 0.05) is 41.1 Å². The molecule has 1 N–H and O–H groups in total. The number of hydrogen-bond acceptors (Lipinski definition) is 4. The van der Waals surface area contributed by atoms with Gasteiger partial charge in [-0.1, -0.05) is 30.3 Å². The van der Waals surface area contributed by atoms with Crippen molar-refractivity contribution >= 4 is 22.7 Å². The fourth-order valence-corrected chi connectivity index (χ4v) is 2.61. The van der Waals surface area contributed by atoms with Crippen molar-refractivity contribution in [2.24, 2.45) is 0 Å². The molecule has 0 saturated heterocycles. The van der Waals surface area contributed by atoms with E-state index >= 15 is 0 Å². The Morgan fingerprint density at radius 2 is 2.05 bits per heavy atom. The van der Waals surface area contributed by atoms with Gasteiger partial charge in [0.1, 0.15) is 5.76 Å². The first-order valence-electron chi connectivity index (χ1n) is 7.14. The largest absolute Gasteiger partial charge is 0.493 e. The van der Waals surface area contributed by atoms with Gasteiger partial charge in [-0.05, 0) is 13.0 Å². The average molecular weight is 296 g/mol. The van der Waals surface area contributed by atoms with Gasteiger partial charge in [-0.3, -0.25) is 10.1 Å². The van der Waals surface area contributed by atoms with Crippen LogP contribution in [0.15, 0.2) is 48.5 Å². The highest BCUT2D eigenvalue weighted by Crippen LogP contribution is 2.38. The van der Waals surface area contributed by atoms with Crippen molar-refractivity contribution in [1.82, 2.24) is 0 Å². The van der Waals surface area contributed by atoms with Crippen LogP contribution in [0.1, 0.15) is 18.1 Å². The summed E-state index contributed by atoms with van der Waals surface area (Å²) >= 11 is 0. The molecule has 0 bridgehead atoms. The third kappa shape index (κ3) is 2.53. The van der Waals surface area contributed by atoms with E-state index in [0.29, 0.717) is 13.2 Å². The first-order valence-corrected chi connectivity index (χ1v) is 7.14. The zero-order valence-corrected chi connectivity index (χ0v) is 12.2. The molecule has 5 nitrogen and oxygen atoms in total. The molecule has 0 fully saturated rings. The van der Waals surface area contributed by atoms with Crippen LogP contribution in [-0.4, -0.2) is 18.1 Å². The van der Waals surface area contributed by atoms with Gasteiger partial charge < -0.3 is 10.1 Å². The number of hydrogen-bond donors (Lipinski definition) is 1. The molecular weight excluding hydrogens is 280 g/mol. The molecule has 2 aromatic carbocycles. The van der Waals surface area contributed by atoms with E-state index in [2.05, 4.69) is 5.32 Å². The molecule has 0 aromatic heterocycles. The Bertz CT molecular complexity index is 739. The van der Waals surface area contributed by atoms with Crippen molar-refractivity contribution in [3.8, 4) is 0 Å². The van der Waals surface area contributed by atoms with Gasteiger partial charge in [0.2, 0.25) is 0 Å². The van der Waals surface area contributed by atoms with E-state index in [1.807, 2.05) is 37.3 Å². The van der Waals surface area contributed by atoms with E-state index in [4.69, 9.17) is 4.74 Å². The number of rotatable bonds is 4. The minimum atomic E-state index is -0.376. The second kappa shape index (κ2) is 5.89. The number of nitro benzene ring substituents is 1. The minimum absolute atomic E-state index is 0.0869. The fourth-order valence-electron chi connectivity index (χ4n) is 2.61. The van der Waals surface area contributed by atoms with E-state index in [9.17, 15) is 10.1 Å². The van der Waals surface area contributed by atoms with Crippen LogP contribution in [0, 0.1) is 10.1 Å². The summed E-state index contributed by atoms with van der Waals surface area (Å²) in [7, 11) is 0. The highest BCUT2D eigenvalue weighted by Gasteiger charge is 2.23. The molecule has 1 heterocycles. The lowest BCUT2D eigenvalue weighted by molar-refractivity contribution is -0.384. The Hall–Kier alpha value is -2.82. The molecule has 0 atom stereocenters. The molecule has 5 heteroatoms. The van der Waals surface area contributed by atoms with Gasteiger partial charge in [-0.15, -0.1) is 0 Å². The lowest BCUT2D eigenvalue weighted by Crippen LogP contribution is -1.99. The maximum absolute atomic E-state index is 11.0. The smallest absolute Gasteiger partial charge is 0.270 e. The summed E-state index contributed by atoms with van der Waals surface area (Å²) in [5, 5.41) is 14.3. The molecule has 1 aliphatic rings. The zero-order chi connectivity index (χ0) is 15.5. The number of nitrogens with zero attached hydrogens (tertiary/aromatic N) is 1. The van der Waals surface area contributed by atoms with Gasteiger partial charge >= 0.3 is 0 Å². The van der Waals surface area contributed by atoms with E-state index in [0.717, 1.165) is 28.1 Å². The van der Waals surface area contributed by atoms with Crippen molar-refractivity contribution in [1.29, 1.82) is 0 Å². The molecule has 0 spiro atoms. The predicted octanol–water partition coefficient (Wildman–Crippen LogP) is 3.93. The molecule has 2 aromatic rings. The summed E-state index contributed by atoms with van der Waals surface area (Å²) in [5.74, 6) is 0.773. The van der Waals surface area contributed by atoms with Crippen LogP contribution in [-0.2, 0) is 4.74 Å². The fraction of sp³-hybridized carbons (Fsp3) is 0.176. The van der Waals surface area contributed by atoms with Gasteiger partial charge in [-0.25, -0.2) is 0 Å². The molecule has 112 valence electrons. The highest BCUT2D eigenvalue weighted by atomic mass is 16.6. The number of anilines is 1. The number of fused-ring (bicyclic) bond motifs is 1. The van der Waals surface area contributed by atoms with Crippen LogP contribution < -0.4 is 5.32 Å². The van der Waals surface area contributed by atoms with Gasteiger partial charge in [0.15, 0.2) is 0 Å². The number of non-ortho nitro benzene ring substituents is 1. The average Bonchev–Trinajstić information content (AvgIpc) is 2.96. The summed E-state index contributed by atoms with van der Waals surface area (Å²) in [6.07, 6.45) is 0. The Balaban J connectivity index is 2.15. The van der Waals surface area contributed by atoms with E-state index in [1.165, 1.54) is 6.07 Å². The Morgan fingerprint density at radius 3 is 2.73 bits per heavy atom. The van der Waals surface area contributed by atoms with E-state index < -0.39 is 0 Å². The van der Waals surface area contributed by atoms with Crippen LogP contribution in [0.25, 0.3) is 11.3 Å².